The molecule has 3 N–H and O–H groups in total. The molecule has 0 saturated heterocycles. The second-order valence-corrected chi connectivity index (χ2v) is 6.27. The quantitative estimate of drug-likeness (QED) is 0.448. The second-order valence-electron chi connectivity index (χ2n) is 5.43. The highest BCUT2D eigenvalue weighted by molar-refractivity contribution is 6.36. The van der Waals surface area contributed by atoms with Gasteiger partial charge in [-0.25, -0.2) is 9.97 Å². The van der Waals surface area contributed by atoms with Crippen LogP contribution in [-0.2, 0) is 0 Å². The van der Waals surface area contributed by atoms with Gasteiger partial charge in [-0.1, -0.05) is 35.3 Å². The molecule has 0 aliphatic carbocycles. The van der Waals surface area contributed by atoms with Crippen molar-refractivity contribution in [1.29, 1.82) is 0 Å². The SMILES string of the molecule is Cc1cc(N/N=C\c2cc(Cl)cc(Cl)c2O)nc(-c2ccccc2O)n1. The summed E-state index contributed by atoms with van der Waals surface area (Å²) in [4.78, 5) is 8.67. The number of hydrazone groups is 1. The van der Waals surface area contributed by atoms with Crippen LogP contribution in [0.4, 0.5) is 5.82 Å². The van der Waals surface area contributed by atoms with Crippen LogP contribution in [0.5, 0.6) is 11.5 Å². The van der Waals surface area contributed by atoms with Crippen LogP contribution in [0.15, 0.2) is 47.6 Å². The fraction of sp³-hybridized carbons (Fsp3) is 0.0556. The van der Waals surface area contributed by atoms with E-state index in [0.29, 0.717) is 33.5 Å². The number of rotatable bonds is 4. The molecule has 8 heteroatoms. The van der Waals surface area contributed by atoms with Crippen molar-refractivity contribution in [2.75, 3.05) is 5.43 Å². The molecule has 0 bridgehead atoms. The molecule has 3 aromatic rings. The van der Waals surface area contributed by atoms with Gasteiger partial charge < -0.3 is 10.2 Å². The van der Waals surface area contributed by atoms with Gasteiger partial charge in [-0.3, -0.25) is 5.43 Å². The third-order valence-electron chi connectivity index (χ3n) is 3.44. The number of hydrogen-bond donors (Lipinski definition) is 3. The summed E-state index contributed by atoms with van der Waals surface area (Å²) < 4.78 is 0. The standard InChI is InChI=1S/C18H14Cl2N4O2/c1-10-6-16(23-18(22-10)13-4-2-3-5-15(13)25)24-21-9-11-7-12(19)8-14(20)17(11)26/h2-9,25-26H,1H3,(H,22,23,24)/b21-9-. The Bertz CT molecular complexity index is 993. The van der Waals surface area contributed by atoms with Crippen molar-refractivity contribution in [3.8, 4) is 22.9 Å². The van der Waals surface area contributed by atoms with E-state index < -0.39 is 0 Å². The number of phenolic OH excluding ortho intramolecular Hbond substituents is 2. The lowest BCUT2D eigenvalue weighted by Gasteiger charge is -2.07. The van der Waals surface area contributed by atoms with E-state index in [-0.39, 0.29) is 16.5 Å². The highest BCUT2D eigenvalue weighted by Crippen LogP contribution is 2.30. The van der Waals surface area contributed by atoms with Gasteiger partial charge in [-0.15, -0.1) is 0 Å². The lowest BCUT2D eigenvalue weighted by molar-refractivity contribution is 0.474. The van der Waals surface area contributed by atoms with Gasteiger partial charge in [-0.05, 0) is 31.2 Å². The van der Waals surface area contributed by atoms with Crippen molar-refractivity contribution < 1.29 is 10.2 Å². The van der Waals surface area contributed by atoms with E-state index in [9.17, 15) is 10.2 Å². The van der Waals surface area contributed by atoms with Crippen LogP contribution >= 0.6 is 23.2 Å². The van der Waals surface area contributed by atoms with E-state index in [1.165, 1.54) is 18.3 Å². The van der Waals surface area contributed by atoms with Gasteiger partial charge in [0.25, 0.3) is 0 Å². The number of anilines is 1. The first-order valence-corrected chi connectivity index (χ1v) is 8.31. The van der Waals surface area contributed by atoms with Crippen LogP contribution in [0, 0.1) is 6.92 Å². The van der Waals surface area contributed by atoms with E-state index in [0.717, 1.165) is 0 Å². The number of aromatic nitrogens is 2. The summed E-state index contributed by atoms with van der Waals surface area (Å²) in [6.45, 7) is 1.81. The van der Waals surface area contributed by atoms with Crippen LogP contribution < -0.4 is 5.43 Å². The predicted octanol–water partition coefficient (Wildman–Crippen LogP) is 4.62. The molecule has 0 spiro atoms. The molecule has 0 unspecified atom stereocenters. The molecule has 0 radical (unpaired) electrons. The minimum Gasteiger partial charge on any atom is -0.507 e. The molecule has 0 amide bonds. The van der Waals surface area contributed by atoms with Crippen molar-refractivity contribution >= 4 is 35.2 Å². The topological polar surface area (TPSA) is 90.6 Å². The van der Waals surface area contributed by atoms with Gasteiger partial charge in [0.15, 0.2) is 11.6 Å². The Labute approximate surface area is 159 Å². The summed E-state index contributed by atoms with van der Waals surface area (Å²) in [7, 11) is 0. The van der Waals surface area contributed by atoms with E-state index in [1.807, 2.05) is 6.92 Å². The molecule has 0 atom stereocenters. The number of phenols is 2. The first-order chi connectivity index (χ1) is 12.4. The molecule has 1 aromatic heterocycles. The number of halogens is 2. The summed E-state index contributed by atoms with van der Waals surface area (Å²) in [5.74, 6) is 0.774. The van der Waals surface area contributed by atoms with Gasteiger partial charge in [0.1, 0.15) is 11.5 Å². The maximum atomic E-state index is 9.97. The van der Waals surface area contributed by atoms with Crippen LogP contribution in [-0.4, -0.2) is 26.4 Å². The molecule has 3 rings (SSSR count). The van der Waals surface area contributed by atoms with Crippen molar-refractivity contribution in [2.45, 2.75) is 6.92 Å². The number of aromatic hydroxyl groups is 2. The van der Waals surface area contributed by atoms with Crippen molar-refractivity contribution in [2.24, 2.45) is 5.10 Å². The maximum Gasteiger partial charge on any atom is 0.165 e. The van der Waals surface area contributed by atoms with Gasteiger partial charge in [0, 0.05) is 22.3 Å². The number of nitrogens with one attached hydrogen (secondary N) is 1. The minimum absolute atomic E-state index is 0.0889. The zero-order valence-corrected chi connectivity index (χ0v) is 15.1. The molecule has 0 saturated carbocycles. The molecule has 6 nitrogen and oxygen atoms in total. The van der Waals surface area contributed by atoms with Crippen LogP contribution in [0.25, 0.3) is 11.4 Å². The maximum absolute atomic E-state index is 9.97. The monoisotopic (exact) mass is 388 g/mol. The Morgan fingerprint density at radius 1 is 1.08 bits per heavy atom. The highest BCUT2D eigenvalue weighted by atomic mass is 35.5. The zero-order chi connectivity index (χ0) is 18.7. The second kappa shape index (κ2) is 7.59. The Morgan fingerprint density at radius 3 is 2.62 bits per heavy atom. The van der Waals surface area contributed by atoms with Crippen molar-refractivity contribution in [1.82, 2.24) is 9.97 Å². The van der Waals surface area contributed by atoms with E-state index in [1.54, 1.807) is 30.3 Å². The minimum atomic E-state index is -0.115. The van der Waals surface area contributed by atoms with Gasteiger partial charge in [-0.2, -0.15) is 5.10 Å². The number of para-hydroxylation sites is 1. The summed E-state index contributed by atoms with van der Waals surface area (Å²) in [6.07, 6.45) is 1.38. The Morgan fingerprint density at radius 2 is 1.85 bits per heavy atom. The van der Waals surface area contributed by atoms with Crippen molar-refractivity contribution in [3.63, 3.8) is 0 Å². The lowest BCUT2D eigenvalue weighted by Crippen LogP contribution is -1.99. The molecular formula is C18H14Cl2N4O2. The van der Waals surface area contributed by atoms with Gasteiger partial charge in [0.05, 0.1) is 16.8 Å². The third kappa shape index (κ3) is 4.04. The highest BCUT2D eigenvalue weighted by Gasteiger charge is 2.09. The molecule has 132 valence electrons. The molecule has 1 heterocycles. The van der Waals surface area contributed by atoms with Gasteiger partial charge in [0.2, 0.25) is 0 Å². The molecular weight excluding hydrogens is 375 g/mol. The average molecular weight is 389 g/mol. The fourth-order valence-electron chi connectivity index (χ4n) is 2.26. The molecule has 0 aliphatic rings. The van der Waals surface area contributed by atoms with E-state index >= 15 is 0 Å². The van der Waals surface area contributed by atoms with Crippen LogP contribution in [0.1, 0.15) is 11.3 Å². The fourth-order valence-corrected chi connectivity index (χ4v) is 2.77. The molecule has 0 fully saturated rings. The number of benzene rings is 2. The Balaban J connectivity index is 1.86. The molecule has 2 aromatic carbocycles. The lowest BCUT2D eigenvalue weighted by atomic mass is 10.2. The number of hydrogen-bond acceptors (Lipinski definition) is 6. The van der Waals surface area contributed by atoms with Crippen LogP contribution in [0.2, 0.25) is 10.0 Å². The summed E-state index contributed by atoms with van der Waals surface area (Å²) in [6, 6.07) is 11.5. The Hall–Kier alpha value is -2.83. The zero-order valence-electron chi connectivity index (χ0n) is 13.6. The van der Waals surface area contributed by atoms with Crippen molar-refractivity contribution in [3.05, 3.63) is 63.8 Å². The largest absolute Gasteiger partial charge is 0.507 e. The first kappa shape index (κ1) is 18.0. The number of nitrogens with zero attached hydrogens (tertiary/aromatic N) is 3. The molecule has 26 heavy (non-hydrogen) atoms. The summed E-state index contributed by atoms with van der Waals surface area (Å²) in [5, 5.41) is 24.5. The molecule has 0 aliphatic heterocycles. The third-order valence-corrected chi connectivity index (χ3v) is 3.95. The van der Waals surface area contributed by atoms with Gasteiger partial charge >= 0.3 is 0 Å². The Kier molecular flexibility index (Phi) is 5.25. The average Bonchev–Trinajstić information content (AvgIpc) is 2.59. The van der Waals surface area contributed by atoms with Crippen LogP contribution in [0.3, 0.4) is 0 Å². The normalized spacial score (nSPS) is 11.0. The van der Waals surface area contributed by atoms with E-state index in [4.69, 9.17) is 23.2 Å². The summed E-state index contributed by atoms with van der Waals surface area (Å²) in [5.41, 5.74) is 4.35. The number of aryl methyl sites for hydroxylation is 1. The summed E-state index contributed by atoms with van der Waals surface area (Å²) >= 11 is 11.8. The smallest absolute Gasteiger partial charge is 0.165 e. The first-order valence-electron chi connectivity index (χ1n) is 7.55. The predicted molar refractivity (Wildman–Crippen MR) is 103 cm³/mol. The van der Waals surface area contributed by atoms with E-state index in [2.05, 4.69) is 20.5 Å².